The fourth-order valence-electron chi connectivity index (χ4n) is 2.53. The fraction of sp³-hybridized carbons (Fsp3) is 0.579. The Bertz CT molecular complexity index is 551. The summed E-state index contributed by atoms with van der Waals surface area (Å²) < 4.78 is 10.4. The van der Waals surface area contributed by atoms with Crippen LogP contribution in [-0.2, 0) is 20.8 Å². The molecule has 0 aliphatic carbocycles. The van der Waals surface area contributed by atoms with Gasteiger partial charge >= 0.3 is 5.97 Å². The predicted octanol–water partition coefficient (Wildman–Crippen LogP) is 1.84. The van der Waals surface area contributed by atoms with Gasteiger partial charge in [0.05, 0.1) is 18.8 Å². The van der Waals surface area contributed by atoms with Crippen molar-refractivity contribution < 1.29 is 19.1 Å². The molecule has 1 aromatic carbocycles. The predicted molar refractivity (Wildman–Crippen MR) is 95.3 cm³/mol. The molecule has 1 aromatic rings. The van der Waals surface area contributed by atoms with E-state index in [4.69, 9.17) is 9.47 Å². The lowest BCUT2D eigenvalue weighted by molar-refractivity contribution is -0.124. The third-order valence-electron chi connectivity index (χ3n) is 4.08. The summed E-state index contributed by atoms with van der Waals surface area (Å²) in [5.41, 5.74) is 1.60. The van der Waals surface area contributed by atoms with E-state index in [9.17, 15) is 9.59 Å². The van der Waals surface area contributed by atoms with E-state index >= 15 is 0 Å². The van der Waals surface area contributed by atoms with Crippen molar-refractivity contribution >= 4 is 11.9 Å². The Balaban J connectivity index is 1.73. The van der Waals surface area contributed by atoms with Gasteiger partial charge in [0.15, 0.2) is 6.61 Å². The lowest BCUT2D eigenvalue weighted by Crippen LogP contribution is -2.35. The van der Waals surface area contributed by atoms with E-state index in [1.54, 1.807) is 12.1 Å². The molecular weight excluding hydrogens is 320 g/mol. The van der Waals surface area contributed by atoms with Crippen molar-refractivity contribution in [1.82, 2.24) is 10.2 Å². The molecule has 0 bridgehead atoms. The number of esters is 1. The van der Waals surface area contributed by atoms with Crippen molar-refractivity contribution in [2.24, 2.45) is 5.92 Å². The smallest absolute Gasteiger partial charge is 0.338 e. The van der Waals surface area contributed by atoms with Crippen LogP contribution in [0.15, 0.2) is 24.3 Å². The maximum Gasteiger partial charge on any atom is 0.338 e. The van der Waals surface area contributed by atoms with E-state index in [-0.39, 0.29) is 12.5 Å². The number of hydrogen-bond acceptors (Lipinski definition) is 5. The van der Waals surface area contributed by atoms with Crippen LogP contribution < -0.4 is 5.32 Å². The van der Waals surface area contributed by atoms with E-state index in [2.05, 4.69) is 24.1 Å². The first kappa shape index (κ1) is 19.4. The summed E-state index contributed by atoms with van der Waals surface area (Å²) >= 11 is 0. The average Bonchev–Trinajstić information content (AvgIpc) is 2.61. The Morgan fingerprint density at radius 2 is 1.88 bits per heavy atom. The lowest BCUT2D eigenvalue weighted by Gasteiger charge is -2.26. The van der Waals surface area contributed by atoms with E-state index < -0.39 is 5.97 Å². The Labute approximate surface area is 149 Å². The van der Waals surface area contributed by atoms with Crippen LogP contribution in [0.4, 0.5) is 0 Å². The standard InChI is InChI=1S/C19H28N2O4/c1-15(2)7-8-20-18(22)14-25-19(23)17-5-3-16(4-6-17)13-21-9-11-24-12-10-21/h3-6,15H,7-14H2,1-2H3,(H,20,22). The number of rotatable bonds is 8. The first-order chi connectivity index (χ1) is 12.0. The van der Waals surface area contributed by atoms with Gasteiger partial charge in [-0.1, -0.05) is 26.0 Å². The molecule has 0 saturated carbocycles. The van der Waals surface area contributed by atoms with Gasteiger partial charge in [-0.3, -0.25) is 9.69 Å². The van der Waals surface area contributed by atoms with Crippen molar-refractivity contribution in [3.8, 4) is 0 Å². The highest BCUT2D eigenvalue weighted by atomic mass is 16.5. The zero-order chi connectivity index (χ0) is 18.1. The highest BCUT2D eigenvalue weighted by molar-refractivity contribution is 5.91. The minimum absolute atomic E-state index is 0.244. The third kappa shape index (κ3) is 7.23. The molecular formula is C19H28N2O4. The van der Waals surface area contributed by atoms with Gasteiger partial charge in [-0.2, -0.15) is 0 Å². The summed E-state index contributed by atoms with van der Waals surface area (Å²) in [6.07, 6.45) is 0.907. The van der Waals surface area contributed by atoms with Crippen LogP contribution in [0.2, 0.25) is 0 Å². The van der Waals surface area contributed by atoms with Crippen LogP contribution in [0.25, 0.3) is 0 Å². The molecule has 0 aromatic heterocycles. The van der Waals surface area contributed by atoms with Crippen LogP contribution in [0.1, 0.15) is 36.2 Å². The largest absolute Gasteiger partial charge is 0.452 e. The van der Waals surface area contributed by atoms with E-state index in [1.807, 2.05) is 12.1 Å². The number of ether oxygens (including phenoxy) is 2. The number of morpholine rings is 1. The molecule has 1 saturated heterocycles. The molecule has 1 amide bonds. The lowest BCUT2D eigenvalue weighted by atomic mass is 10.1. The highest BCUT2D eigenvalue weighted by Crippen LogP contribution is 2.10. The molecule has 2 rings (SSSR count). The number of hydrogen-bond donors (Lipinski definition) is 1. The number of carbonyl (C=O) groups excluding carboxylic acids is 2. The summed E-state index contributed by atoms with van der Waals surface area (Å²) in [4.78, 5) is 26.0. The highest BCUT2D eigenvalue weighted by Gasteiger charge is 2.13. The number of nitrogens with one attached hydrogen (secondary N) is 1. The minimum Gasteiger partial charge on any atom is -0.452 e. The summed E-state index contributed by atoms with van der Waals surface area (Å²) in [5.74, 6) is -0.214. The molecule has 1 heterocycles. The van der Waals surface area contributed by atoms with Crippen molar-refractivity contribution in [1.29, 1.82) is 0 Å². The molecule has 1 fully saturated rings. The van der Waals surface area contributed by atoms with Crippen molar-refractivity contribution in [2.45, 2.75) is 26.8 Å². The van der Waals surface area contributed by atoms with Crippen LogP contribution >= 0.6 is 0 Å². The minimum atomic E-state index is -0.475. The van der Waals surface area contributed by atoms with Gasteiger partial charge in [0.1, 0.15) is 0 Å². The van der Waals surface area contributed by atoms with Gasteiger partial charge < -0.3 is 14.8 Å². The Morgan fingerprint density at radius 1 is 1.20 bits per heavy atom. The number of nitrogens with zero attached hydrogens (tertiary/aromatic N) is 1. The second-order valence-corrected chi connectivity index (χ2v) is 6.69. The maximum atomic E-state index is 12.0. The van der Waals surface area contributed by atoms with Crippen molar-refractivity contribution in [3.63, 3.8) is 0 Å². The van der Waals surface area contributed by atoms with Crippen molar-refractivity contribution in [2.75, 3.05) is 39.5 Å². The molecule has 25 heavy (non-hydrogen) atoms. The summed E-state index contributed by atoms with van der Waals surface area (Å²) in [6, 6.07) is 7.34. The molecule has 138 valence electrons. The molecule has 1 aliphatic heterocycles. The number of carbonyl (C=O) groups is 2. The molecule has 0 radical (unpaired) electrons. The first-order valence-electron chi connectivity index (χ1n) is 8.87. The normalized spacial score (nSPS) is 15.2. The van der Waals surface area contributed by atoms with E-state index in [0.717, 1.165) is 44.8 Å². The van der Waals surface area contributed by atoms with Gasteiger partial charge in [0, 0.05) is 26.2 Å². The molecule has 6 nitrogen and oxygen atoms in total. The second kappa shape index (κ2) is 10.2. The average molecular weight is 348 g/mol. The van der Waals surface area contributed by atoms with E-state index in [1.165, 1.54) is 0 Å². The zero-order valence-corrected chi connectivity index (χ0v) is 15.1. The molecule has 0 spiro atoms. The first-order valence-corrected chi connectivity index (χ1v) is 8.87. The van der Waals surface area contributed by atoms with Gasteiger partial charge in [-0.05, 0) is 30.0 Å². The topological polar surface area (TPSA) is 67.9 Å². The molecule has 0 atom stereocenters. The van der Waals surface area contributed by atoms with Crippen LogP contribution in [0.3, 0.4) is 0 Å². The van der Waals surface area contributed by atoms with Crippen LogP contribution in [0, 0.1) is 5.92 Å². The Kier molecular flexibility index (Phi) is 7.88. The van der Waals surface area contributed by atoms with Crippen LogP contribution in [0.5, 0.6) is 0 Å². The van der Waals surface area contributed by atoms with Crippen molar-refractivity contribution in [3.05, 3.63) is 35.4 Å². The monoisotopic (exact) mass is 348 g/mol. The maximum absolute atomic E-state index is 12.0. The molecule has 1 N–H and O–H groups in total. The van der Waals surface area contributed by atoms with Gasteiger partial charge in [-0.15, -0.1) is 0 Å². The molecule has 6 heteroatoms. The SMILES string of the molecule is CC(C)CCNC(=O)COC(=O)c1ccc(CN2CCOCC2)cc1. The molecule has 0 unspecified atom stereocenters. The van der Waals surface area contributed by atoms with E-state index in [0.29, 0.717) is 18.0 Å². The Hall–Kier alpha value is -1.92. The summed E-state index contributed by atoms with van der Waals surface area (Å²) in [6.45, 7) is 8.77. The number of amides is 1. The van der Waals surface area contributed by atoms with Gasteiger partial charge in [0.2, 0.25) is 0 Å². The van der Waals surface area contributed by atoms with Crippen LogP contribution in [-0.4, -0.2) is 56.2 Å². The number of benzene rings is 1. The summed E-state index contributed by atoms with van der Waals surface area (Å²) in [5, 5.41) is 2.74. The quantitative estimate of drug-likeness (QED) is 0.726. The third-order valence-corrected chi connectivity index (χ3v) is 4.08. The Morgan fingerprint density at radius 3 is 2.52 bits per heavy atom. The van der Waals surface area contributed by atoms with Gasteiger partial charge in [-0.25, -0.2) is 4.79 Å². The van der Waals surface area contributed by atoms with Gasteiger partial charge in [0.25, 0.3) is 5.91 Å². The second-order valence-electron chi connectivity index (χ2n) is 6.69. The fourth-order valence-corrected chi connectivity index (χ4v) is 2.53. The molecule has 1 aliphatic rings. The summed E-state index contributed by atoms with van der Waals surface area (Å²) in [7, 11) is 0. The zero-order valence-electron chi connectivity index (χ0n) is 15.1.